The Kier molecular flexibility index (Phi) is 2.29. The van der Waals surface area contributed by atoms with Gasteiger partial charge in [0.25, 0.3) is 0 Å². The van der Waals surface area contributed by atoms with E-state index in [9.17, 15) is 4.79 Å². The molecule has 3 rings (SSSR count). The van der Waals surface area contributed by atoms with Crippen molar-refractivity contribution in [2.45, 2.75) is 25.4 Å². The molecule has 0 unspecified atom stereocenters. The Balaban J connectivity index is 1.86. The lowest BCUT2D eigenvalue weighted by Crippen LogP contribution is -2.15. The van der Waals surface area contributed by atoms with Crippen molar-refractivity contribution in [3.05, 3.63) is 29.7 Å². The summed E-state index contributed by atoms with van der Waals surface area (Å²) in [4.78, 5) is 14.9. The van der Waals surface area contributed by atoms with Crippen molar-refractivity contribution >= 4 is 11.6 Å². The van der Waals surface area contributed by atoms with E-state index in [2.05, 4.69) is 15.4 Å². The largest absolute Gasteiger partial charge is 0.476 e. The highest BCUT2D eigenvalue weighted by molar-refractivity contribution is 5.86. The first kappa shape index (κ1) is 10.2. The third-order valence-corrected chi connectivity index (χ3v) is 2.76. The predicted octanol–water partition coefficient (Wildman–Crippen LogP) is 0.679. The van der Waals surface area contributed by atoms with Gasteiger partial charge in [0.2, 0.25) is 0 Å². The standard InChI is InChI=1S/C11H12N4O2/c16-11(17)9-3-10-13-5-7(6-15(10)14-9)4-12-8-1-2-8/h3,5-6,8,12H,1-2,4H2,(H,16,17). The van der Waals surface area contributed by atoms with Crippen molar-refractivity contribution < 1.29 is 9.90 Å². The number of aromatic nitrogens is 3. The molecule has 0 spiro atoms. The fourth-order valence-corrected chi connectivity index (χ4v) is 1.66. The minimum absolute atomic E-state index is 0.0183. The molecule has 0 saturated heterocycles. The lowest BCUT2D eigenvalue weighted by Gasteiger charge is -2.02. The van der Waals surface area contributed by atoms with Crippen LogP contribution in [0.4, 0.5) is 0 Å². The van der Waals surface area contributed by atoms with E-state index in [1.807, 2.05) is 6.20 Å². The molecule has 6 heteroatoms. The Morgan fingerprint density at radius 1 is 1.59 bits per heavy atom. The molecule has 0 atom stereocenters. The van der Waals surface area contributed by atoms with Crippen LogP contribution in [0.3, 0.4) is 0 Å². The van der Waals surface area contributed by atoms with E-state index in [4.69, 9.17) is 5.11 Å². The average Bonchev–Trinajstić information content (AvgIpc) is 3.03. The van der Waals surface area contributed by atoms with Crippen LogP contribution in [0, 0.1) is 0 Å². The Bertz CT molecular complexity index is 574. The van der Waals surface area contributed by atoms with E-state index in [1.165, 1.54) is 23.4 Å². The second-order valence-electron chi connectivity index (χ2n) is 4.25. The average molecular weight is 232 g/mol. The minimum atomic E-state index is -1.03. The molecule has 2 heterocycles. The molecule has 1 saturated carbocycles. The van der Waals surface area contributed by atoms with Gasteiger partial charge in [0.05, 0.1) is 0 Å². The molecular formula is C11H12N4O2. The number of nitrogens with one attached hydrogen (secondary N) is 1. The highest BCUT2D eigenvalue weighted by atomic mass is 16.4. The molecule has 1 aliphatic rings. The van der Waals surface area contributed by atoms with Gasteiger partial charge >= 0.3 is 5.97 Å². The molecule has 0 amide bonds. The third kappa shape index (κ3) is 2.12. The number of carboxylic acids is 1. The van der Waals surface area contributed by atoms with Crippen LogP contribution in [0.25, 0.3) is 5.65 Å². The predicted molar refractivity (Wildman–Crippen MR) is 59.8 cm³/mol. The van der Waals surface area contributed by atoms with Gasteiger partial charge in [-0.1, -0.05) is 0 Å². The maximum absolute atomic E-state index is 10.8. The zero-order valence-electron chi connectivity index (χ0n) is 9.13. The third-order valence-electron chi connectivity index (χ3n) is 2.76. The monoisotopic (exact) mass is 232 g/mol. The van der Waals surface area contributed by atoms with Gasteiger partial charge < -0.3 is 10.4 Å². The number of hydrogen-bond acceptors (Lipinski definition) is 4. The first-order chi connectivity index (χ1) is 8.22. The van der Waals surface area contributed by atoms with Gasteiger partial charge in [-0.15, -0.1) is 0 Å². The summed E-state index contributed by atoms with van der Waals surface area (Å²) in [6, 6.07) is 2.10. The Labute approximate surface area is 97.3 Å². The van der Waals surface area contributed by atoms with Gasteiger partial charge in [-0.05, 0) is 12.8 Å². The summed E-state index contributed by atoms with van der Waals surface area (Å²) in [5.41, 5.74) is 1.58. The van der Waals surface area contributed by atoms with E-state index >= 15 is 0 Å². The number of rotatable bonds is 4. The number of fused-ring (bicyclic) bond motifs is 1. The number of carbonyl (C=O) groups is 1. The first-order valence-electron chi connectivity index (χ1n) is 5.53. The van der Waals surface area contributed by atoms with Crippen LogP contribution in [0.5, 0.6) is 0 Å². The normalized spacial score (nSPS) is 15.3. The number of aromatic carboxylic acids is 1. The highest BCUT2D eigenvalue weighted by Crippen LogP contribution is 2.19. The molecule has 1 fully saturated rings. The van der Waals surface area contributed by atoms with E-state index in [0.29, 0.717) is 11.7 Å². The summed E-state index contributed by atoms with van der Waals surface area (Å²) < 4.78 is 1.51. The number of carboxylic acid groups (broad SMARTS) is 1. The summed E-state index contributed by atoms with van der Waals surface area (Å²) in [6.07, 6.45) is 6.03. The Morgan fingerprint density at radius 2 is 2.41 bits per heavy atom. The highest BCUT2D eigenvalue weighted by Gasteiger charge is 2.20. The maximum atomic E-state index is 10.8. The van der Waals surface area contributed by atoms with Gasteiger partial charge in [0.1, 0.15) is 0 Å². The Hall–Kier alpha value is -1.95. The summed E-state index contributed by atoms with van der Waals surface area (Å²) in [5, 5.41) is 16.1. The molecule has 0 aromatic carbocycles. The van der Waals surface area contributed by atoms with Crippen LogP contribution in [0.15, 0.2) is 18.5 Å². The summed E-state index contributed by atoms with van der Waals surface area (Å²) >= 11 is 0. The van der Waals surface area contributed by atoms with Crippen molar-refractivity contribution in [2.75, 3.05) is 0 Å². The fraction of sp³-hybridized carbons (Fsp3) is 0.364. The van der Waals surface area contributed by atoms with Crippen LogP contribution < -0.4 is 5.32 Å². The molecule has 6 nitrogen and oxygen atoms in total. The van der Waals surface area contributed by atoms with Gasteiger partial charge in [-0.3, -0.25) is 0 Å². The molecule has 1 aliphatic carbocycles. The van der Waals surface area contributed by atoms with Crippen LogP contribution in [0.1, 0.15) is 28.9 Å². The molecule has 2 N–H and O–H groups in total. The SMILES string of the molecule is O=C(O)c1cc2ncc(CNC3CC3)cn2n1. The van der Waals surface area contributed by atoms with Crippen molar-refractivity contribution in [3.63, 3.8) is 0 Å². The lowest BCUT2D eigenvalue weighted by molar-refractivity contribution is 0.0690. The summed E-state index contributed by atoms with van der Waals surface area (Å²) in [6.45, 7) is 0.746. The van der Waals surface area contributed by atoms with Crippen LogP contribution in [-0.4, -0.2) is 31.7 Å². The molecular weight excluding hydrogens is 220 g/mol. The fourth-order valence-electron chi connectivity index (χ4n) is 1.66. The molecule has 0 bridgehead atoms. The van der Waals surface area contributed by atoms with E-state index < -0.39 is 5.97 Å². The van der Waals surface area contributed by atoms with Gasteiger partial charge in [-0.25, -0.2) is 14.3 Å². The quantitative estimate of drug-likeness (QED) is 0.810. The van der Waals surface area contributed by atoms with E-state index in [1.54, 1.807) is 6.20 Å². The topological polar surface area (TPSA) is 79.5 Å². The molecule has 88 valence electrons. The molecule has 0 aliphatic heterocycles. The first-order valence-corrected chi connectivity index (χ1v) is 5.53. The van der Waals surface area contributed by atoms with Crippen molar-refractivity contribution in [2.24, 2.45) is 0 Å². The zero-order valence-corrected chi connectivity index (χ0v) is 9.13. The van der Waals surface area contributed by atoms with Crippen molar-refractivity contribution in [3.8, 4) is 0 Å². The zero-order chi connectivity index (χ0) is 11.8. The van der Waals surface area contributed by atoms with Crippen LogP contribution in [-0.2, 0) is 6.54 Å². The Morgan fingerprint density at radius 3 is 3.12 bits per heavy atom. The molecule has 2 aromatic rings. The number of nitrogens with zero attached hydrogens (tertiary/aromatic N) is 3. The smallest absolute Gasteiger partial charge is 0.356 e. The molecule has 2 aromatic heterocycles. The van der Waals surface area contributed by atoms with Crippen molar-refractivity contribution in [1.29, 1.82) is 0 Å². The van der Waals surface area contributed by atoms with Gasteiger partial charge in [0, 0.05) is 36.6 Å². The second kappa shape index (κ2) is 3.81. The lowest BCUT2D eigenvalue weighted by atomic mass is 10.3. The number of hydrogen-bond donors (Lipinski definition) is 2. The van der Waals surface area contributed by atoms with Crippen LogP contribution >= 0.6 is 0 Å². The van der Waals surface area contributed by atoms with Gasteiger partial charge in [-0.2, -0.15) is 5.10 Å². The van der Waals surface area contributed by atoms with Crippen molar-refractivity contribution in [1.82, 2.24) is 19.9 Å². The summed E-state index contributed by atoms with van der Waals surface area (Å²) in [7, 11) is 0. The maximum Gasteiger partial charge on any atom is 0.356 e. The van der Waals surface area contributed by atoms with Gasteiger partial charge in [0.15, 0.2) is 11.3 Å². The minimum Gasteiger partial charge on any atom is -0.476 e. The molecule has 17 heavy (non-hydrogen) atoms. The summed E-state index contributed by atoms with van der Waals surface area (Å²) in [5.74, 6) is -1.03. The second-order valence-corrected chi connectivity index (χ2v) is 4.25. The van der Waals surface area contributed by atoms with Crippen LogP contribution in [0.2, 0.25) is 0 Å². The van der Waals surface area contributed by atoms with E-state index in [-0.39, 0.29) is 5.69 Å². The van der Waals surface area contributed by atoms with E-state index in [0.717, 1.165) is 12.1 Å². The molecule has 0 radical (unpaired) electrons.